The summed E-state index contributed by atoms with van der Waals surface area (Å²) in [5.41, 5.74) is 0.837. The molecule has 2 aliphatic rings. The summed E-state index contributed by atoms with van der Waals surface area (Å²) in [4.78, 5) is 25.4. The van der Waals surface area contributed by atoms with Crippen molar-refractivity contribution in [2.45, 2.75) is 18.5 Å². The molecule has 23 heavy (non-hydrogen) atoms. The van der Waals surface area contributed by atoms with Crippen LogP contribution in [-0.4, -0.2) is 86.7 Å². The second-order valence-electron chi connectivity index (χ2n) is 5.32. The Kier molecular flexibility index (Phi) is 5.07. The molecule has 8 nitrogen and oxygen atoms in total. The van der Waals surface area contributed by atoms with E-state index >= 15 is 0 Å². The number of amides is 2. The van der Waals surface area contributed by atoms with E-state index in [1.807, 2.05) is 29.9 Å². The van der Waals surface area contributed by atoms with Crippen LogP contribution in [0.15, 0.2) is 24.4 Å². The van der Waals surface area contributed by atoms with Crippen LogP contribution in [0.5, 0.6) is 0 Å². The third-order valence-corrected chi connectivity index (χ3v) is 5.00. The first-order valence-corrected chi connectivity index (χ1v) is 8.11. The first-order valence-electron chi connectivity index (χ1n) is 6.71. The fourth-order valence-electron chi connectivity index (χ4n) is 2.96. The maximum absolute atomic E-state index is 12.2. The second kappa shape index (κ2) is 6.40. The molecule has 0 aliphatic carbocycles. The second-order valence-corrected chi connectivity index (χ2v) is 6.61. The van der Waals surface area contributed by atoms with Gasteiger partial charge in [0.25, 0.3) is 5.91 Å². The van der Waals surface area contributed by atoms with Gasteiger partial charge in [0.1, 0.15) is 6.04 Å². The van der Waals surface area contributed by atoms with Crippen LogP contribution >= 0.6 is 0 Å². The Hall–Kier alpha value is -1.13. The molecule has 0 unspecified atom stereocenters. The molecule has 2 atom stereocenters. The standard InChI is InChI=1S/C13H15N3O5S.Na.H/c1-14-7-2-3-9(14)4-5-11(17)15-8-6-10-12(15)13(18)16(10)22(19,20)21;;/h2-5,7,10,12H,6,8H2,1H3,(H,19,20,21);;/b5-4+;;/t10-,12+;;/m1../s1. The van der Waals surface area contributed by atoms with Crippen LogP contribution in [-0.2, 0) is 26.9 Å². The van der Waals surface area contributed by atoms with E-state index < -0.39 is 28.3 Å². The number of carbonyl (C=O) groups is 2. The van der Waals surface area contributed by atoms with E-state index in [0.29, 0.717) is 10.7 Å². The van der Waals surface area contributed by atoms with Crippen molar-refractivity contribution in [1.82, 2.24) is 13.8 Å². The van der Waals surface area contributed by atoms with E-state index in [9.17, 15) is 18.0 Å². The Morgan fingerprint density at radius 3 is 2.70 bits per heavy atom. The topological polar surface area (TPSA) is 99.9 Å². The molecule has 10 heteroatoms. The molecule has 0 radical (unpaired) electrons. The van der Waals surface area contributed by atoms with Crippen molar-refractivity contribution in [2.75, 3.05) is 6.54 Å². The Labute approximate surface area is 155 Å². The Balaban J connectivity index is 0.00000192. The van der Waals surface area contributed by atoms with Gasteiger partial charge in [0.15, 0.2) is 0 Å². The number of nitrogens with zero attached hydrogens (tertiary/aromatic N) is 3. The van der Waals surface area contributed by atoms with Crippen molar-refractivity contribution in [1.29, 1.82) is 0 Å². The minimum absolute atomic E-state index is 0. The molecule has 1 N–H and O–H groups in total. The van der Waals surface area contributed by atoms with Crippen molar-refractivity contribution < 1.29 is 22.6 Å². The molecule has 2 fully saturated rings. The van der Waals surface area contributed by atoms with E-state index in [4.69, 9.17) is 4.55 Å². The zero-order chi connectivity index (χ0) is 16.1. The van der Waals surface area contributed by atoms with E-state index in [-0.39, 0.29) is 42.0 Å². The van der Waals surface area contributed by atoms with Crippen molar-refractivity contribution in [2.24, 2.45) is 7.05 Å². The molecule has 120 valence electrons. The van der Waals surface area contributed by atoms with Gasteiger partial charge in [-0.25, -0.2) is 4.31 Å². The molecule has 2 saturated heterocycles. The van der Waals surface area contributed by atoms with Gasteiger partial charge < -0.3 is 9.47 Å². The third-order valence-electron chi connectivity index (χ3n) is 4.05. The zero-order valence-corrected chi connectivity index (χ0v) is 12.6. The number of aryl methyl sites for hydroxylation is 1. The van der Waals surface area contributed by atoms with Crippen molar-refractivity contribution in [3.63, 3.8) is 0 Å². The number of β-lactam (4-membered cyclic amide) rings is 1. The molecule has 1 aromatic rings. The minimum atomic E-state index is -4.55. The zero-order valence-electron chi connectivity index (χ0n) is 11.8. The predicted octanol–water partition coefficient (Wildman–Crippen LogP) is -0.996. The normalized spacial score (nSPS) is 23.7. The van der Waals surface area contributed by atoms with Crippen molar-refractivity contribution in [3.8, 4) is 0 Å². The molecule has 3 rings (SSSR count). The summed E-state index contributed by atoms with van der Waals surface area (Å²) in [5.74, 6) is -1.11. The first kappa shape index (κ1) is 18.2. The molecule has 0 bridgehead atoms. The maximum atomic E-state index is 12.2. The number of aromatic nitrogens is 1. The van der Waals surface area contributed by atoms with Gasteiger partial charge in [0.2, 0.25) is 5.91 Å². The number of rotatable bonds is 3. The molecule has 3 heterocycles. The van der Waals surface area contributed by atoms with Crippen LogP contribution in [0, 0.1) is 0 Å². The summed E-state index contributed by atoms with van der Waals surface area (Å²) < 4.78 is 33.5. The Bertz CT molecular complexity index is 772. The van der Waals surface area contributed by atoms with Gasteiger partial charge in [-0.15, -0.1) is 0 Å². The predicted molar refractivity (Wildman–Crippen MR) is 83.9 cm³/mol. The van der Waals surface area contributed by atoms with E-state index in [1.54, 1.807) is 6.08 Å². The molecule has 2 amide bonds. The third kappa shape index (κ3) is 3.11. The molecular weight excluding hydrogens is 333 g/mol. The number of fused-ring (bicyclic) bond motifs is 1. The van der Waals surface area contributed by atoms with Crippen LogP contribution in [0.4, 0.5) is 0 Å². The van der Waals surface area contributed by atoms with Crippen LogP contribution in [0.2, 0.25) is 0 Å². The molecule has 1 aromatic heterocycles. The number of hydrogen-bond donors (Lipinski definition) is 1. The van der Waals surface area contributed by atoms with Gasteiger partial charge in [-0.2, -0.15) is 8.42 Å². The summed E-state index contributed by atoms with van der Waals surface area (Å²) >= 11 is 0. The average Bonchev–Trinajstić information content (AvgIpc) is 2.98. The molecular formula is C13H16N3NaO5S. The first-order chi connectivity index (χ1) is 10.3. The fourth-order valence-corrected chi connectivity index (χ4v) is 3.86. The van der Waals surface area contributed by atoms with Gasteiger partial charge in [-0.1, -0.05) is 0 Å². The summed E-state index contributed by atoms with van der Waals surface area (Å²) in [6.07, 6.45) is 5.18. The van der Waals surface area contributed by atoms with Gasteiger partial charge in [0, 0.05) is 31.6 Å². The van der Waals surface area contributed by atoms with Gasteiger partial charge in [-0.05, 0) is 24.6 Å². The summed E-state index contributed by atoms with van der Waals surface area (Å²) in [6, 6.07) is 2.23. The number of carbonyl (C=O) groups excluding carboxylic acids is 2. The fraction of sp³-hybridized carbons (Fsp3) is 0.385. The number of likely N-dealkylation sites (tertiary alicyclic amines) is 1. The SMILES string of the molecule is Cn1cccc1/C=C/C(=O)N1CC[C@@H]2[C@H]1C(=O)N2S(=O)(=O)O.[NaH]. The van der Waals surface area contributed by atoms with Crippen LogP contribution < -0.4 is 0 Å². The number of hydrogen-bond acceptors (Lipinski definition) is 4. The van der Waals surface area contributed by atoms with Gasteiger partial charge >= 0.3 is 39.9 Å². The van der Waals surface area contributed by atoms with E-state index in [0.717, 1.165) is 5.69 Å². The van der Waals surface area contributed by atoms with E-state index in [1.165, 1.54) is 11.0 Å². The average molecular weight is 349 g/mol. The van der Waals surface area contributed by atoms with Crippen LogP contribution in [0.1, 0.15) is 12.1 Å². The van der Waals surface area contributed by atoms with E-state index in [2.05, 4.69) is 0 Å². The molecule has 2 aliphatic heterocycles. The van der Waals surface area contributed by atoms with Crippen LogP contribution in [0.3, 0.4) is 0 Å². The monoisotopic (exact) mass is 349 g/mol. The van der Waals surface area contributed by atoms with Crippen LogP contribution in [0.25, 0.3) is 6.08 Å². The Morgan fingerprint density at radius 2 is 2.13 bits per heavy atom. The quantitative estimate of drug-likeness (QED) is 0.327. The van der Waals surface area contributed by atoms with Gasteiger partial charge in [0.05, 0.1) is 6.04 Å². The van der Waals surface area contributed by atoms with Gasteiger partial charge in [-0.3, -0.25) is 14.1 Å². The summed E-state index contributed by atoms with van der Waals surface area (Å²) in [7, 11) is -2.70. The summed E-state index contributed by atoms with van der Waals surface area (Å²) in [6.45, 7) is 0.281. The van der Waals surface area contributed by atoms with Crippen molar-refractivity contribution >= 4 is 57.8 Å². The summed E-state index contributed by atoms with van der Waals surface area (Å²) in [5, 5.41) is 0. The van der Waals surface area contributed by atoms with Crippen molar-refractivity contribution in [3.05, 3.63) is 30.1 Å². The molecule has 0 aromatic carbocycles. The Morgan fingerprint density at radius 1 is 1.43 bits per heavy atom. The molecule has 0 spiro atoms. The molecule has 0 saturated carbocycles.